The molecule has 2 atom stereocenters. The van der Waals surface area contributed by atoms with E-state index in [1.807, 2.05) is 0 Å². The molecule has 0 aliphatic carbocycles. The zero-order chi connectivity index (χ0) is 14.6. The number of esters is 1. The fraction of sp³-hybridized carbons (Fsp3) is 0.889. The lowest BCUT2D eigenvalue weighted by Gasteiger charge is -2.22. The van der Waals surface area contributed by atoms with Gasteiger partial charge in [0.15, 0.2) is 6.17 Å². The average Bonchev–Trinajstić information content (AvgIpc) is 2.12. The first kappa shape index (κ1) is 17.0. The molecule has 0 aromatic heterocycles. The average molecular weight is 284 g/mol. The first-order valence-corrected chi connectivity index (χ1v) is 4.85. The lowest BCUT2D eigenvalue weighted by molar-refractivity contribution is -0.216. The molecule has 0 amide bonds. The Kier molecular flexibility index (Phi) is 5.88. The predicted molar refractivity (Wildman–Crippen MR) is 46.4 cm³/mol. The van der Waals surface area contributed by atoms with Crippen LogP contribution in [-0.4, -0.2) is 31.1 Å². The molecule has 0 aliphatic heterocycles. The van der Waals surface area contributed by atoms with Crippen LogP contribution >= 0.6 is 0 Å². The van der Waals surface area contributed by atoms with E-state index in [1.54, 1.807) is 0 Å². The van der Waals surface area contributed by atoms with Gasteiger partial charge >= 0.3 is 18.3 Å². The zero-order valence-electron chi connectivity index (χ0n) is 9.24. The van der Waals surface area contributed by atoms with Crippen molar-refractivity contribution >= 4 is 5.97 Å². The van der Waals surface area contributed by atoms with Crippen molar-refractivity contribution in [2.24, 2.45) is 5.92 Å². The maximum atomic E-state index is 12.5. The first-order valence-electron chi connectivity index (χ1n) is 4.85. The zero-order valence-corrected chi connectivity index (χ0v) is 9.24. The number of ether oxygens (including phenoxy) is 1. The lowest BCUT2D eigenvalue weighted by atomic mass is 9.98. The summed E-state index contributed by atoms with van der Waals surface area (Å²) in [7, 11) is 0. The van der Waals surface area contributed by atoms with Crippen LogP contribution in [0.4, 0.5) is 30.7 Å². The molecule has 9 heteroatoms. The van der Waals surface area contributed by atoms with Gasteiger partial charge in [-0.2, -0.15) is 26.3 Å². The molecule has 2 nitrogen and oxygen atoms in total. The molecule has 0 spiro atoms. The van der Waals surface area contributed by atoms with E-state index < -0.39 is 49.9 Å². The monoisotopic (exact) mass is 284 g/mol. The van der Waals surface area contributed by atoms with E-state index in [-0.39, 0.29) is 0 Å². The molecule has 0 heterocycles. The van der Waals surface area contributed by atoms with Crippen molar-refractivity contribution in [1.29, 1.82) is 0 Å². The van der Waals surface area contributed by atoms with Gasteiger partial charge in [-0.15, -0.1) is 0 Å². The second-order valence-corrected chi connectivity index (χ2v) is 3.61. The van der Waals surface area contributed by atoms with Gasteiger partial charge in [-0.3, -0.25) is 4.79 Å². The topological polar surface area (TPSA) is 26.3 Å². The standard InChI is InChI=1S/C9H11F7O2/c1-5(17)18-3-2-6(8(11,12)13)4-7(10)9(14,15)16/h6-7H,2-4H2,1H3. The van der Waals surface area contributed by atoms with Gasteiger partial charge in [-0.05, 0) is 12.8 Å². The van der Waals surface area contributed by atoms with Crippen molar-refractivity contribution in [2.45, 2.75) is 38.3 Å². The Bertz CT molecular complexity index is 271. The summed E-state index contributed by atoms with van der Waals surface area (Å²) >= 11 is 0. The normalized spacial score (nSPS) is 16.2. The van der Waals surface area contributed by atoms with Crippen molar-refractivity contribution in [3.63, 3.8) is 0 Å². The van der Waals surface area contributed by atoms with Crippen LogP contribution in [0.25, 0.3) is 0 Å². The van der Waals surface area contributed by atoms with Crippen LogP contribution in [0.5, 0.6) is 0 Å². The van der Waals surface area contributed by atoms with Crippen molar-refractivity contribution in [2.75, 3.05) is 6.61 Å². The molecule has 0 aromatic carbocycles. The van der Waals surface area contributed by atoms with Gasteiger partial charge in [0, 0.05) is 6.92 Å². The van der Waals surface area contributed by atoms with Gasteiger partial charge in [-0.25, -0.2) is 4.39 Å². The number of halogens is 7. The smallest absolute Gasteiger partial charge is 0.419 e. The van der Waals surface area contributed by atoms with E-state index in [0.29, 0.717) is 0 Å². The van der Waals surface area contributed by atoms with Crippen molar-refractivity contribution in [3.8, 4) is 0 Å². The number of hydrogen-bond acceptors (Lipinski definition) is 2. The molecule has 0 aromatic rings. The Balaban J connectivity index is 4.47. The van der Waals surface area contributed by atoms with Crippen LogP contribution in [0.2, 0.25) is 0 Å². The minimum Gasteiger partial charge on any atom is -0.466 e. The second kappa shape index (κ2) is 6.24. The van der Waals surface area contributed by atoms with Crippen LogP contribution in [-0.2, 0) is 9.53 Å². The van der Waals surface area contributed by atoms with Crippen LogP contribution in [0.1, 0.15) is 19.8 Å². The first-order chi connectivity index (χ1) is 7.94. The molecule has 0 aliphatic rings. The predicted octanol–water partition coefficient (Wildman–Crippen LogP) is 3.41. The maximum Gasteiger partial charge on any atom is 0.419 e. The van der Waals surface area contributed by atoms with Crippen molar-refractivity contribution in [3.05, 3.63) is 0 Å². The Labute approximate surface area is 98.1 Å². The minimum atomic E-state index is -5.33. The van der Waals surface area contributed by atoms with Gasteiger partial charge in [0.1, 0.15) is 0 Å². The van der Waals surface area contributed by atoms with Crippen LogP contribution in [0, 0.1) is 5.92 Å². The van der Waals surface area contributed by atoms with Gasteiger partial charge in [0.2, 0.25) is 0 Å². The molecular formula is C9H11F7O2. The summed E-state index contributed by atoms with van der Waals surface area (Å²) in [6.45, 7) is 0.236. The Morgan fingerprint density at radius 2 is 1.61 bits per heavy atom. The van der Waals surface area contributed by atoms with Gasteiger partial charge < -0.3 is 4.74 Å². The Hall–Kier alpha value is -1.02. The third-order valence-corrected chi connectivity index (χ3v) is 2.08. The number of alkyl halides is 7. The number of carbonyl (C=O) groups is 1. The lowest BCUT2D eigenvalue weighted by Crippen LogP contribution is -2.33. The van der Waals surface area contributed by atoms with E-state index in [1.165, 1.54) is 0 Å². The highest BCUT2D eigenvalue weighted by atomic mass is 19.4. The largest absolute Gasteiger partial charge is 0.466 e. The summed E-state index contributed by atoms with van der Waals surface area (Å²) in [4.78, 5) is 10.3. The van der Waals surface area contributed by atoms with Gasteiger partial charge in [-0.1, -0.05) is 0 Å². The van der Waals surface area contributed by atoms with Gasteiger partial charge in [0.25, 0.3) is 0 Å². The second-order valence-electron chi connectivity index (χ2n) is 3.61. The summed E-state index contributed by atoms with van der Waals surface area (Å²) in [6.07, 6.45) is -16.5. The third-order valence-electron chi connectivity index (χ3n) is 2.08. The van der Waals surface area contributed by atoms with E-state index in [2.05, 4.69) is 4.74 Å². The summed E-state index contributed by atoms with van der Waals surface area (Å²) in [6, 6.07) is 0. The highest BCUT2D eigenvalue weighted by Gasteiger charge is 2.47. The fourth-order valence-corrected chi connectivity index (χ4v) is 1.14. The molecule has 0 saturated heterocycles. The quantitative estimate of drug-likeness (QED) is 0.571. The summed E-state index contributed by atoms with van der Waals surface area (Å²) in [5.74, 6) is -3.36. The van der Waals surface area contributed by atoms with Crippen LogP contribution in [0.3, 0.4) is 0 Å². The van der Waals surface area contributed by atoms with Crippen molar-refractivity contribution in [1.82, 2.24) is 0 Å². The highest BCUT2D eigenvalue weighted by Crippen LogP contribution is 2.37. The number of hydrogen-bond donors (Lipinski definition) is 0. The van der Waals surface area contributed by atoms with E-state index >= 15 is 0 Å². The third kappa shape index (κ3) is 6.65. The maximum absolute atomic E-state index is 12.5. The Morgan fingerprint density at radius 1 is 1.11 bits per heavy atom. The summed E-state index contributed by atoms with van der Waals surface area (Å²) in [5, 5.41) is 0. The molecule has 0 saturated carbocycles. The van der Waals surface area contributed by atoms with E-state index in [4.69, 9.17) is 0 Å². The summed E-state index contributed by atoms with van der Waals surface area (Å²) < 4.78 is 89.2. The van der Waals surface area contributed by atoms with Crippen LogP contribution < -0.4 is 0 Å². The molecule has 0 radical (unpaired) electrons. The molecule has 108 valence electrons. The molecule has 0 fully saturated rings. The van der Waals surface area contributed by atoms with E-state index in [9.17, 15) is 35.5 Å². The molecule has 0 bridgehead atoms. The fourth-order valence-electron chi connectivity index (χ4n) is 1.14. The molecule has 18 heavy (non-hydrogen) atoms. The molecular weight excluding hydrogens is 273 g/mol. The summed E-state index contributed by atoms with van der Waals surface area (Å²) in [5.41, 5.74) is 0. The molecule has 0 rings (SSSR count). The number of rotatable bonds is 5. The molecule has 0 N–H and O–H groups in total. The number of carbonyl (C=O) groups excluding carboxylic acids is 1. The SMILES string of the molecule is CC(=O)OCCC(CC(F)C(F)(F)F)C(F)(F)F. The van der Waals surface area contributed by atoms with Gasteiger partial charge in [0.05, 0.1) is 12.5 Å². The Morgan fingerprint density at radius 3 is 1.94 bits per heavy atom. The minimum absolute atomic E-state index is 0.704. The van der Waals surface area contributed by atoms with E-state index in [0.717, 1.165) is 6.92 Å². The van der Waals surface area contributed by atoms with Crippen molar-refractivity contribution < 1.29 is 40.3 Å². The highest BCUT2D eigenvalue weighted by molar-refractivity contribution is 5.65. The molecule has 2 unspecified atom stereocenters. The van der Waals surface area contributed by atoms with Crippen LogP contribution in [0.15, 0.2) is 0 Å².